The minimum atomic E-state index is -0.644. The van der Waals surface area contributed by atoms with Crippen molar-refractivity contribution < 1.29 is 18.7 Å². The Kier molecular flexibility index (Phi) is 4.64. The lowest BCUT2D eigenvalue weighted by atomic mass is 10.2. The number of ether oxygens (including phenoxy) is 2. The highest BCUT2D eigenvalue weighted by Gasteiger charge is 2.17. The lowest BCUT2D eigenvalue weighted by molar-refractivity contribution is 0.0636. The molecule has 136 valence electrons. The van der Waals surface area contributed by atoms with Crippen LogP contribution in [-0.4, -0.2) is 21.7 Å². The molecule has 0 aliphatic heterocycles. The van der Waals surface area contributed by atoms with Gasteiger partial charge in [0.05, 0.1) is 0 Å². The Balaban J connectivity index is 1.79. The van der Waals surface area contributed by atoms with Crippen molar-refractivity contribution in [2.75, 3.05) is 11.1 Å². The van der Waals surface area contributed by atoms with E-state index < -0.39 is 17.5 Å². The molecule has 26 heavy (non-hydrogen) atoms. The first-order valence-electron chi connectivity index (χ1n) is 7.70. The van der Waals surface area contributed by atoms with Crippen molar-refractivity contribution in [3.8, 4) is 11.6 Å². The molecule has 0 fully saturated rings. The Labute approximate surface area is 153 Å². The molecule has 0 saturated carbocycles. The van der Waals surface area contributed by atoms with Crippen molar-refractivity contribution in [3.05, 3.63) is 36.1 Å². The number of nitrogens with one attached hydrogen (secondary N) is 1. The van der Waals surface area contributed by atoms with Gasteiger partial charge in [-0.05, 0) is 39.0 Å². The molecule has 9 heteroatoms. The molecule has 0 aliphatic carbocycles. The van der Waals surface area contributed by atoms with E-state index in [9.17, 15) is 9.18 Å². The molecule has 2 heterocycles. The fourth-order valence-electron chi connectivity index (χ4n) is 2.07. The number of nitrogen functional groups attached to an aromatic ring is 1. The second-order valence-electron chi connectivity index (χ2n) is 6.40. The van der Waals surface area contributed by atoms with E-state index in [1.807, 2.05) is 0 Å². The van der Waals surface area contributed by atoms with E-state index in [4.69, 9.17) is 15.2 Å². The standard InChI is InChI=1S/C17H17FN4O3S/c1-17(2,3)25-16(23)20-9-4-5-10(18)12(8-9)24-13-7-6-11-14(22-13)26-15(19)21-11/h4-8H,1-3H3,(H2,19,21)(H,20,23). The number of hydrogen-bond donors (Lipinski definition) is 2. The molecule has 0 saturated heterocycles. The molecule has 3 N–H and O–H groups in total. The fraction of sp³-hybridized carbons (Fsp3) is 0.235. The van der Waals surface area contributed by atoms with Gasteiger partial charge in [-0.2, -0.15) is 0 Å². The number of nitrogens with two attached hydrogens (primary N) is 1. The number of hydrogen-bond acceptors (Lipinski definition) is 7. The molecular weight excluding hydrogens is 359 g/mol. The SMILES string of the molecule is CC(C)(C)OC(=O)Nc1ccc(F)c(Oc2ccc3nc(N)sc3n2)c1. The summed E-state index contributed by atoms with van der Waals surface area (Å²) in [7, 11) is 0. The Bertz CT molecular complexity index is 968. The third kappa shape index (κ3) is 4.37. The second-order valence-corrected chi connectivity index (χ2v) is 7.41. The van der Waals surface area contributed by atoms with Crippen LogP contribution in [0, 0.1) is 5.82 Å². The molecule has 0 spiro atoms. The number of amides is 1. The zero-order valence-corrected chi connectivity index (χ0v) is 15.2. The van der Waals surface area contributed by atoms with Crippen LogP contribution in [0.3, 0.4) is 0 Å². The number of carbonyl (C=O) groups excluding carboxylic acids is 1. The van der Waals surface area contributed by atoms with Gasteiger partial charge < -0.3 is 15.2 Å². The lowest BCUT2D eigenvalue weighted by Gasteiger charge is -2.19. The predicted molar refractivity (Wildman–Crippen MR) is 98.2 cm³/mol. The maximum Gasteiger partial charge on any atom is 0.412 e. The van der Waals surface area contributed by atoms with Gasteiger partial charge in [-0.15, -0.1) is 0 Å². The highest BCUT2D eigenvalue weighted by atomic mass is 32.1. The Morgan fingerprint density at radius 3 is 2.73 bits per heavy atom. The smallest absolute Gasteiger partial charge is 0.412 e. The minimum Gasteiger partial charge on any atom is -0.444 e. The number of anilines is 2. The van der Waals surface area contributed by atoms with Gasteiger partial charge in [-0.25, -0.2) is 19.2 Å². The zero-order chi connectivity index (χ0) is 18.9. The molecule has 1 amide bonds. The maximum absolute atomic E-state index is 14.1. The summed E-state index contributed by atoms with van der Waals surface area (Å²) in [4.78, 5) is 20.8. The summed E-state index contributed by atoms with van der Waals surface area (Å²) in [5.41, 5.74) is 5.97. The average Bonchev–Trinajstić information content (AvgIpc) is 2.88. The second kappa shape index (κ2) is 6.75. The molecule has 1 aromatic carbocycles. The molecular formula is C17H17FN4O3S. The predicted octanol–water partition coefficient (Wildman–Crippen LogP) is 4.55. The van der Waals surface area contributed by atoms with Gasteiger partial charge >= 0.3 is 6.09 Å². The number of carbonyl (C=O) groups is 1. The third-order valence-electron chi connectivity index (χ3n) is 3.04. The zero-order valence-electron chi connectivity index (χ0n) is 14.4. The van der Waals surface area contributed by atoms with Crippen LogP contribution in [0.5, 0.6) is 11.6 Å². The van der Waals surface area contributed by atoms with Crippen LogP contribution < -0.4 is 15.8 Å². The van der Waals surface area contributed by atoms with Crippen molar-refractivity contribution in [1.82, 2.24) is 9.97 Å². The van der Waals surface area contributed by atoms with Gasteiger partial charge in [0.2, 0.25) is 5.88 Å². The van der Waals surface area contributed by atoms with Crippen molar-refractivity contribution in [2.45, 2.75) is 26.4 Å². The van der Waals surface area contributed by atoms with Crippen LogP contribution in [0.2, 0.25) is 0 Å². The van der Waals surface area contributed by atoms with E-state index in [1.54, 1.807) is 32.9 Å². The number of halogens is 1. The number of nitrogens with zero attached hydrogens (tertiary/aromatic N) is 2. The summed E-state index contributed by atoms with van der Waals surface area (Å²) in [6.07, 6.45) is -0.644. The molecule has 3 aromatic rings. The van der Waals surface area contributed by atoms with Crippen LogP contribution in [0.4, 0.5) is 20.0 Å². The molecule has 0 atom stereocenters. The van der Waals surface area contributed by atoms with Gasteiger partial charge in [0.1, 0.15) is 15.9 Å². The normalized spacial score (nSPS) is 11.4. The summed E-state index contributed by atoms with van der Waals surface area (Å²) in [5.74, 6) is -0.484. The average molecular weight is 376 g/mol. The van der Waals surface area contributed by atoms with E-state index in [1.165, 1.54) is 29.5 Å². The van der Waals surface area contributed by atoms with Crippen LogP contribution in [-0.2, 0) is 4.74 Å². The van der Waals surface area contributed by atoms with E-state index in [0.29, 0.717) is 21.2 Å². The van der Waals surface area contributed by atoms with Gasteiger partial charge in [0, 0.05) is 17.8 Å². The number of benzene rings is 1. The number of thiazole rings is 1. The number of rotatable bonds is 3. The molecule has 0 bridgehead atoms. The third-order valence-corrected chi connectivity index (χ3v) is 3.83. The largest absolute Gasteiger partial charge is 0.444 e. The molecule has 0 aliphatic rings. The van der Waals surface area contributed by atoms with Crippen LogP contribution in [0.25, 0.3) is 10.3 Å². The Morgan fingerprint density at radius 1 is 1.23 bits per heavy atom. The van der Waals surface area contributed by atoms with Crippen LogP contribution in [0.15, 0.2) is 30.3 Å². The highest BCUT2D eigenvalue weighted by Crippen LogP contribution is 2.29. The van der Waals surface area contributed by atoms with Gasteiger partial charge in [0.25, 0.3) is 0 Å². The number of aromatic nitrogens is 2. The van der Waals surface area contributed by atoms with Crippen molar-refractivity contribution >= 4 is 38.6 Å². The number of pyridine rings is 1. The van der Waals surface area contributed by atoms with Crippen molar-refractivity contribution in [3.63, 3.8) is 0 Å². The van der Waals surface area contributed by atoms with E-state index in [-0.39, 0.29) is 11.6 Å². The minimum absolute atomic E-state index is 0.0807. The molecule has 2 aromatic heterocycles. The lowest BCUT2D eigenvalue weighted by Crippen LogP contribution is -2.27. The monoisotopic (exact) mass is 376 g/mol. The topological polar surface area (TPSA) is 99.4 Å². The van der Waals surface area contributed by atoms with Crippen molar-refractivity contribution in [1.29, 1.82) is 0 Å². The summed E-state index contributed by atoms with van der Waals surface area (Å²) in [6, 6.07) is 7.20. The van der Waals surface area contributed by atoms with E-state index in [2.05, 4.69) is 15.3 Å². The van der Waals surface area contributed by atoms with Crippen LogP contribution in [0.1, 0.15) is 20.8 Å². The fourth-order valence-corrected chi connectivity index (χ4v) is 2.76. The molecule has 7 nitrogen and oxygen atoms in total. The maximum atomic E-state index is 14.1. The molecule has 0 radical (unpaired) electrons. The molecule has 3 rings (SSSR count). The highest BCUT2D eigenvalue weighted by molar-refractivity contribution is 7.21. The van der Waals surface area contributed by atoms with E-state index >= 15 is 0 Å². The summed E-state index contributed by atoms with van der Waals surface area (Å²) >= 11 is 1.21. The Hall–Kier alpha value is -2.94. The van der Waals surface area contributed by atoms with Crippen molar-refractivity contribution in [2.24, 2.45) is 0 Å². The van der Waals surface area contributed by atoms with Gasteiger partial charge in [-0.1, -0.05) is 11.3 Å². The summed E-state index contributed by atoms with van der Waals surface area (Å²) in [5, 5.41) is 2.92. The van der Waals surface area contributed by atoms with Crippen LogP contribution >= 0.6 is 11.3 Å². The summed E-state index contributed by atoms with van der Waals surface area (Å²) < 4.78 is 24.7. The molecule has 0 unspecified atom stereocenters. The quantitative estimate of drug-likeness (QED) is 0.695. The first-order valence-corrected chi connectivity index (χ1v) is 8.52. The first kappa shape index (κ1) is 17.9. The van der Waals surface area contributed by atoms with E-state index in [0.717, 1.165) is 0 Å². The number of fused-ring (bicyclic) bond motifs is 1. The van der Waals surface area contributed by atoms with Gasteiger partial charge in [-0.3, -0.25) is 5.32 Å². The summed E-state index contributed by atoms with van der Waals surface area (Å²) in [6.45, 7) is 5.25. The Morgan fingerprint density at radius 2 is 2.00 bits per heavy atom. The first-order chi connectivity index (χ1) is 12.2. The van der Waals surface area contributed by atoms with Gasteiger partial charge in [0.15, 0.2) is 16.7 Å².